The number of nitrogens with one attached hydrogen (secondary N) is 2. The average molecular weight is 385 g/mol. The van der Waals surface area contributed by atoms with Crippen LogP contribution in [0.4, 0.5) is 5.69 Å². The number of guanidine groups is 1. The fraction of sp³-hybridized carbons (Fsp3) is 0.409. The van der Waals surface area contributed by atoms with Crippen molar-refractivity contribution in [1.82, 2.24) is 10.6 Å². The quantitative estimate of drug-likeness (QED) is 0.395. The molecule has 0 aliphatic heterocycles. The van der Waals surface area contributed by atoms with Crippen LogP contribution in [0.25, 0.3) is 0 Å². The van der Waals surface area contributed by atoms with Crippen molar-refractivity contribution in [2.45, 2.75) is 20.0 Å². The Kier molecular flexibility index (Phi) is 8.62. The molecule has 6 heteroatoms. The van der Waals surface area contributed by atoms with Crippen LogP contribution >= 0.6 is 0 Å². The van der Waals surface area contributed by atoms with Crippen LogP contribution in [0.5, 0.6) is 5.75 Å². The van der Waals surface area contributed by atoms with Crippen molar-refractivity contribution in [2.75, 3.05) is 46.4 Å². The van der Waals surface area contributed by atoms with E-state index in [1.807, 2.05) is 14.1 Å². The molecule has 0 amide bonds. The van der Waals surface area contributed by atoms with Gasteiger partial charge < -0.3 is 25.0 Å². The summed E-state index contributed by atoms with van der Waals surface area (Å²) in [4.78, 5) is 6.42. The number of nitrogens with zero attached hydrogens (tertiary/aromatic N) is 2. The molecule has 0 saturated carbocycles. The normalized spacial score (nSPS) is 11.2. The Hall–Kier alpha value is -2.73. The molecule has 0 aliphatic rings. The first-order valence-corrected chi connectivity index (χ1v) is 9.45. The van der Waals surface area contributed by atoms with E-state index in [4.69, 9.17) is 9.47 Å². The average Bonchev–Trinajstić information content (AvgIpc) is 2.69. The van der Waals surface area contributed by atoms with Gasteiger partial charge in [0, 0.05) is 52.6 Å². The van der Waals surface area contributed by atoms with Gasteiger partial charge in [0.1, 0.15) is 12.4 Å². The molecular weight excluding hydrogens is 352 g/mol. The fourth-order valence-corrected chi connectivity index (χ4v) is 2.71. The molecule has 0 aromatic heterocycles. The molecule has 2 aromatic rings. The molecule has 0 bridgehead atoms. The molecule has 2 N–H and O–H groups in total. The molecule has 0 aliphatic carbocycles. The molecule has 0 radical (unpaired) electrons. The van der Waals surface area contributed by atoms with Crippen LogP contribution in [0.15, 0.2) is 47.5 Å². The summed E-state index contributed by atoms with van der Waals surface area (Å²) in [5.41, 5.74) is 4.63. The van der Waals surface area contributed by atoms with Gasteiger partial charge in [-0.3, -0.25) is 4.99 Å². The standard InChI is InChI=1S/C22H32N4O2/c1-17-9-10-19(21(13-17)28-12-11-27-5)16-25-22(23-2)24-15-18-7-6-8-20(14-18)26(3)4/h6-10,13-14H,11-12,15-16H2,1-5H3,(H2,23,24,25). The van der Waals surface area contributed by atoms with E-state index in [0.29, 0.717) is 26.3 Å². The number of hydrogen-bond donors (Lipinski definition) is 2. The van der Waals surface area contributed by atoms with E-state index >= 15 is 0 Å². The van der Waals surface area contributed by atoms with E-state index in [1.165, 1.54) is 16.8 Å². The molecule has 152 valence electrons. The summed E-state index contributed by atoms with van der Waals surface area (Å²) in [7, 11) is 7.53. The minimum absolute atomic E-state index is 0.530. The van der Waals surface area contributed by atoms with Crippen LogP contribution < -0.4 is 20.3 Å². The number of hydrogen-bond acceptors (Lipinski definition) is 4. The van der Waals surface area contributed by atoms with Crippen molar-refractivity contribution >= 4 is 11.6 Å². The summed E-state index contributed by atoms with van der Waals surface area (Å²) in [6.45, 7) is 4.48. The van der Waals surface area contributed by atoms with E-state index in [2.05, 4.69) is 69.9 Å². The van der Waals surface area contributed by atoms with Crippen molar-refractivity contribution in [1.29, 1.82) is 0 Å². The smallest absolute Gasteiger partial charge is 0.191 e. The van der Waals surface area contributed by atoms with Crippen molar-refractivity contribution in [2.24, 2.45) is 4.99 Å². The second-order valence-electron chi connectivity index (χ2n) is 6.80. The van der Waals surface area contributed by atoms with Gasteiger partial charge in [0.2, 0.25) is 0 Å². The molecule has 0 spiro atoms. The third kappa shape index (κ3) is 6.78. The first-order valence-electron chi connectivity index (χ1n) is 9.45. The minimum atomic E-state index is 0.530. The summed E-state index contributed by atoms with van der Waals surface area (Å²) in [6, 6.07) is 14.7. The minimum Gasteiger partial charge on any atom is -0.491 e. The fourth-order valence-electron chi connectivity index (χ4n) is 2.71. The molecule has 0 atom stereocenters. The monoisotopic (exact) mass is 384 g/mol. The lowest BCUT2D eigenvalue weighted by Gasteiger charge is -2.16. The highest BCUT2D eigenvalue weighted by Crippen LogP contribution is 2.20. The summed E-state index contributed by atoms with van der Waals surface area (Å²) in [5.74, 6) is 1.62. The summed E-state index contributed by atoms with van der Waals surface area (Å²) in [6.07, 6.45) is 0. The number of benzene rings is 2. The van der Waals surface area contributed by atoms with Crippen molar-refractivity contribution in [3.8, 4) is 5.75 Å². The number of methoxy groups -OCH3 is 1. The van der Waals surface area contributed by atoms with E-state index < -0.39 is 0 Å². The predicted octanol–water partition coefficient (Wildman–Crippen LogP) is 2.95. The number of anilines is 1. The van der Waals surface area contributed by atoms with E-state index in [0.717, 1.165) is 17.3 Å². The van der Waals surface area contributed by atoms with Gasteiger partial charge in [0.25, 0.3) is 0 Å². The molecule has 2 aromatic carbocycles. The van der Waals surface area contributed by atoms with Crippen molar-refractivity contribution in [3.05, 3.63) is 59.2 Å². The molecule has 0 unspecified atom stereocenters. The molecule has 6 nitrogen and oxygen atoms in total. The van der Waals surface area contributed by atoms with Crippen molar-refractivity contribution < 1.29 is 9.47 Å². The number of aryl methyl sites for hydroxylation is 1. The van der Waals surface area contributed by atoms with Gasteiger partial charge in [-0.05, 0) is 36.2 Å². The van der Waals surface area contributed by atoms with Gasteiger partial charge in [-0.15, -0.1) is 0 Å². The van der Waals surface area contributed by atoms with Crippen LogP contribution in [0, 0.1) is 6.92 Å². The SMILES string of the molecule is CN=C(NCc1cccc(N(C)C)c1)NCc1ccc(C)cc1OCCOC. The predicted molar refractivity (Wildman–Crippen MR) is 116 cm³/mol. The molecule has 2 rings (SSSR count). The molecule has 0 fully saturated rings. The topological polar surface area (TPSA) is 58.1 Å². The third-order valence-electron chi connectivity index (χ3n) is 4.32. The Bertz CT molecular complexity index is 775. The van der Waals surface area contributed by atoms with Gasteiger partial charge in [0.15, 0.2) is 5.96 Å². The lowest BCUT2D eigenvalue weighted by Crippen LogP contribution is -2.36. The van der Waals surface area contributed by atoms with Crippen molar-refractivity contribution in [3.63, 3.8) is 0 Å². The third-order valence-corrected chi connectivity index (χ3v) is 4.32. The Balaban J connectivity index is 1.94. The Morgan fingerprint density at radius 2 is 1.82 bits per heavy atom. The first kappa shape index (κ1) is 21.6. The molecule has 0 heterocycles. The zero-order valence-corrected chi connectivity index (χ0v) is 17.6. The summed E-state index contributed by atoms with van der Waals surface area (Å²) >= 11 is 0. The number of ether oxygens (including phenoxy) is 2. The molecule has 0 saturated heterocycles. The van der Waals surface area contributed by atoms with Gasteiger partial charge in [-0.1, -0.05) is 24.3 Å². The summed E-state index contributed by atoms with van der Waals surface area (Å²) in [5, 5.41) is 6.73. The molecule has 28 heavy (non-hydrogen) atoms. The highest BCUT2D eigenvalue weighted by atomic mass is 16.5. The van der Waals surface area contributed by atoms with Crippen LogP contribution in [-0.2, 0) is 17.8 Å². The number of rotatable bonds is 9. The highest BCUT2D eigenvalue weighted by Gasteiger charge is 2.06. The van der Waals surface area contributed by atoms with Gasteiger partial charge in [-0.25, -0.2) is 0 Å². The van der Waals surface area contributed by atoms with E-state index in [1.54, 1.807) is 14.2 Å². The van der Waals surface area contributed by atoms with E-state index in [-0.39, 0.29) is 0 Å². The highest BCUT2D eigenvalue weighted by molar-refractivity contribution is 5.79. The maximum absolute atomic E-state index is 5.86. The Labute approximate surface area is 168 Å². The number of aliphatic imine (C=N–C) groups is 1. The maximum Gasteiger partial charge on any atom is 0.191 e. The van der Waals surface area contributed by atoms with Crippen LogP contribution in [0.2, 0.25) is 0 Å². The van der Waals surface area contributed by atoms with Crippen LogP contribution in [-0.4, -0.2) is 47.4 Å². The lowest BCUT2D eigenvalue weighted by molar-refractivity contribution is 0.145. The second-order valence-corrected chi connectivity index (χ2v) is 6.80. The Morgan fingerprint density at radius 1 is 1.04 bits per heavy atom. The lowest BCUT2D eigenvalue weighted by atomic mass is 10.1. The van der Waals surface area contributed by atoms with Gasteiger partial charge >= 0.3 is 0 Å². The van der Waals surface area contributed by atoms with Crippen LogP contribution in [0.1, 0.15) is 16.7 Å². The Morgan fingerprint density at radius 3 is 2.54 bits per heavy atom. The van der Waals surface area contributed by atoms with Gasteiger partial charge in [-0.2, -0.15) is 0 Å². The molecular formula is C22H32N4O2. The van der Waals surface area contributed by atoms with E-state index in [9.17, 15) is 0 Å². The zero-order chi connectivity index (χ0) is 20.4. The van der Waals surface area contributed by atoms with Gasteiger partial charge in [0.05, 0.1) is 6.61 Å². The second kappa shape index (κ2) is 11.2. The maximum atomic E-state index is 5.86. The largest absolute Gasteiger partial charge is 0.491 e. The van der Waals surface area contributed by atoms with Crippen LogP contribution in [0.3, 0.4) is 0 Å². The zero-order valence-electron chi connectivity index (χ0n) is 17.6. The summed E-state index contributed by atoms with van der Waals surface area (Å²) < 4.78 is 10.9. The first-order chi connectivity index (χ1) is 13.5.